The fourth-order valence-corrected chi connectivity index (χ4v) is 0.468. The SMILES string of the molecule is N1=NC(=C2N=NN=N2)N=N1.[Mn]. The van der Waals surface area contributed by atoms with Crippen LogP contribution in [0.15, 0.2) is 53.0 Å². The zero-order valence-electron chi connectivity index (χ0n) is 4.96. The van der Waals surface area contributed by atoms with Crippen molar-refractivity contribution in [2.45, 2.75) is 0 Å². The third-order valence-corrected chi connectivity index (χ3v) is 0.838. The molecule has 9 heteroatoms. The van der Waals surface area contributed by atoms with Gasteiger partial charge in [-0.25, -0.2) is 0 Å². The Morgan fingerprint density at radius 1 is 0.545 bits per heavy atom. The summed E-state index contributed by atoms with van der Waals surface area (Å²) < 4.78 is 0. The fourth-order valence-electron chi connectivity index (χ4n) is 0.468. The Hall–Kier alpha value is -1.34. The van der Waals surface area contributed by atoms with Gasteiger partial charge in [0.1, 0.15) is 0 Å². The van der Waals surface area contributed by atoms with Gasteiger partial charge in [-0.05, 0) is 20.9 Å². The van der Waals surface area contributed by atoms with Gasteiger partial charge in [0, 0.05) is 17.1 Å². The largest absolute Gasteiger partial charge is 0.248 e. The minimum absolute atomic E-state index is 0. The predicted molar refractivity (Wildman–Crippen MR) is 26.5 cm³/mol. The molecule has 0 spiro atoms. The van der Waals surface area contributed by atoms with Crippen LogP contribution in [0.2, 0.25) is 0 Å². The molecule has 0 aromatic rings. The summed E-state index contributed by atoms with van der Waals surface area (Å²) in [6.45, 7) is 0. The third kappa shape index (κ3) is 1.38. The van der Waals surface area contributed by atoms with E-state index in [0.29, 0.717) is 0 Å². The maximum absolute atomic E-state index is 3.48. The molecule has 8 nitrogen and oxygen atoms in total. The number of nitrogens with zero attached hydrogens (tertiary/aromatic N) is 8. The van der Waals surface area contributed by atoms with Crippen molar-refractivity contribution in [1.29, 1.82) is 0 Å². The molecular weight excluding hydrogens is 191 g/mol. The summed E-state index contributed by atoms with van der Waals surface area (Å²) in [7, 11) is 0. The van der Waals surface area contributed by atoms with Crippen LogP contribution in [0.1, 0.15) is 0 Å². The van der Waals surface area contributed by atoms with Crippen LogP contribution in [0.5, 0.6) is 0 Å². The number of rotatable bonds is 0. The van der Waals surface area contributed by atoms with Crippen molar-refractivity contribution in [2.24, 2.45) is 41.4 Å². The molecule has 0 atom stereocenters. The normalized spacial score (nSPS) is 18.2. The van der Waals surface area contributed by atoms with E-state index in [9.17, 15) is 0 Å². The van der Waals surface area contributed by atoms with E-state index in [0.717, 1.165) is 0 Å². The second-order valence-corrected chi connectivity index (χ2v) is 1.40. The minimum Gasteiger partial charge on any atom is -0.102 e. The van der Waals surface area contributed by atoms with Gasteiger partial charge in [0.05, 0.1) is 0 Å². The monoisotopic (exact) mass is 191 g/mol. The molecule has 11 heavy (non-hydrogen) atoms. The van der Waals surface area contributed by atoms with E-state index in [-0.39, 0.29) is 28.7 Å². The van der Waals surface area contributed by atoms with E-state index in [1.807, 2.05) is 0 Å². The maximum Gasteiger partial charge on any atom is 0.248 e. The molecule has 0 bridgehead atoms. The zero-order valence-corrected chi connectivity index (χ0v) is 6.14. The Kier molecular flexibility index (Phi) is 2.24. The summed E-state index contributed by atoms with van der Waals surface area (Å²) in [5.41, 5.74) is 0. The summed E-state index contributed by atoms with van der Waals surface area (Å²) in [5.74, 6) is 0.481. The average Bonchev–Trinajstić information content (AvgIpc) is 2.59. The van der Waals surface area contributed by atoms with Crippen LogP contribution in [0.4, 0.5) is 0 Å². The molecule has 0 amide bonds. The predicted octanol–water partition coefficient (Wildman–Crippen LogP) is 1.78. The third-order valence-electron chi connectivity index (χ3n) is 0.838. The van der Waals surface area contributed by atoms with Crippen LogP contribution in [-0.4, -0.2) is 0 Å². The van der Waals surface area contributed by atoms with E-state index in [1.54, 1.807) is 0 Å². The van der Waals surface area contributed by atoms with E-state index in [1.165, 1.54) is 0 Å². The molecule has 0 unspecified atom stereocenters. The fraction of sp³-hybridized carbons (Fsp3) is 0. The first kappa shape index (κ1) is 7.76. The topological polar surface area (TPSA) is 98.9 Å². The van der Waals surface area contributed by atoms with Crippen molar-refractivity contribution in [3.8, 4) is 0 Å². The molecule has 0 aromatic heterocycles. The molecule has 2 aliphatic rings. The van der Waals surface area contributed by atoms with Crippen molar-refractivity contribution in [1.82, 2.24) is 0 Å². The first-order chi connectivity index (χ1) is 4.97. The van der Waals surface area contributed by atoms with Crippen LogP contribution in [0.25, 0.3) is 0 Å². The maximum atomic E-state index is 3.48. The minimum atomic E-state index is 0. The van der Waals surface area contributed by atoms with Gasteiger partial charge in [-0.3, -0.25) is 0 Å². The zero-order chi connectivity index (χ0) is 6.81. The summed E-state index contributed by atoms with van der Waals surface area (Å²) in [5, 5.41) is 26.9. The van der Waals surface area contributed by atoms with Crippen LogP contribution < -0.4 is 0 Å². The Morgan fingerprint density at radius 2 is 0.818 bits per heavy atom. The van der Waals surface area contributed by atoms with Crippen molar-refractivity contribution in [3.63, 3.8) is 0 Å². The Labute approximate surface area is 70.7 Å². The van der Waals surface area contributed by atoms with Gasteiger partial charge in [-0.15, -0.1) is 20.5 Å². The van der Waals surface area contributed by atoms with Crippen LogP contribution in [0.3, 0.4) is 0 Å². The van der Waals surface area contributed by atoms with Gasteiger partial charge in [-0.2, -0.15) is 0 Å². The molecule has 2 aliphatic heterocycles. The van der Waals surface area contributed by atoms with E-state index in [4.69, 9.17) is 0 Å². The average molecular weight is 191 g/mol. The van der Waals surface area contributed by atoms with Crippen LogP contribution in [-0.2, 0) is 17.1 Å². The quantitative estimate of drug-likeness (QED) is 0.521. The summed E-state index contributed by atoms with van der Waals surface area (Å²) in [4.78, 5) is 0. The summed E-state index contributed by atoms with van der Waals surface area (Å²) in [6, 6.07) is 0. The van der Waals surface area contributed by atoms with Crippen molar-refractivity contribution in [3.05, 3.63) is 11.6 Å². The number of hydrogen-bond donors (Lipinski definition) is 0. The Morgan fingerprint density at radius 3 is 1.09 bits per heavy atom. The molecule has 0 saturated carbocycles. The second kappa shape index (κ2) is 3.17. The van der Waals surface area contributed by atoms with Gasteiger partial charge in [-0.1, -0.05) is 0 Å². The first-order valence-electron chi connectivity index (χ1n) is 2.34. The van der Waals surface area contributed by atoms with E-state index < -0.39 is 0 Å². The van der Waals surface area contributed by atoms with Crippen molar-refractivity contribution < 1.29 is 17.1 Å². The smallest absolute Gasteiger partial charge is 0.102 e. The number of hydrogen-bond acceptors (Lipinski definition) is 8. The van der Waals surface area contributed by atoms with Gasteiger partial charge >= 0.3 is 0 Å². The molecular formula is C2MnN8. The van der Waals surface area contributed by atoms with E-state index >= 15 is 0 Å². The van der Waals surface area contributed by atoms with Gasteiger partial charge in [0.25, 0.3) is 0 Å². The summed E-state index contributed by atoms with van der Waals surface area (Å²) >= 11 is 0. The van der Waals surface area contributed by atoms with Gasteiger partial charge in [0.2, 0.25) is 11.6 Å². The van der Waals surface area contributed by atoms with Crippen molar-refractivity contribution >= 4 is 0 Å². The molecule has 2 rings (SSSR count). The van der Waals surface area contributed by atoms with Crippen LogP contribution in [0, 0.1) is 0 Å². The summed E-state index contributed by atoms with van der Waals surface area (Å²) in [6.07, 6.45) is 0. The molecule has 0 aromatic carbocycles. The van der Waals surface area contributed by atoms with Crippen molar-refractivity contribution in [2.75, 3.05) is 0 Å². The Bertz CT molecular complexity index is 237. The van der Waals surface area contributed by atoms with Gasteiger partial charge in [0.15, 0.2) is 0 Å². The molecule has 55 valence electrons. The van der Waals surface area contributed by atoms with Gasteiger partial charge < -0.3 is 0 Å². The molecule has 0 fully saturated rings. The first-order valence-corrected chi connectivity index (χ1v) is 2.34. The van der Waals surface area contributed by atoms with Crippen LogP contribution >= 0.6 is 0 Å². The second-order valence-electron chi connectivity index (χ2n) is 1.40. The molecule has 2 heterocycles. The Balaban J connectivity index is 0.000000605. The molecule has 0 saturated heterocycles. The molecule has 0 N–H and O–H groups in total. The van der Waals surface area contributed by atoms with E-state index in [2.05, 4.69) is 41.4 Å². The molecule has 1 radical (unpaired) electrons. The standard InChI is InChI=1S/C2N8.Mn/c3-1(4-8-7-3)2-5-9-10-6-2;. The molecule has 0 aliphatic carbocycles.